The van der Waals surface area contributed by atoms with E-state index in [4.69, 9.17) is 15.5 Å². The van der Waals surface area contributed by atoms with Gasteiger partial charge < -0.3 is 15.0 Å². The monoisotopic (exact) mass is 245 g/mol. The van der Waals surface area contributed by atoms with Crippen LogP contribution >= 0.6 is 0 Å². The smallest absolute Gasteiger partial charge is 0.117 e. The molecule has 1 fully saturated rings. The van der Waals surface area contributed by atoms with Gasteiger partial charge in [0.1, 0.15) is 5.82 Å². The van der Waals surface area contributed by atoms with E-state index in [1.165, 1.54) is 5.52 Å². The standard InChI is InChI=1S/C14H19N3O/c1-18-9-8-17-12-5-3-2-4-11(12)16-13(17)14(10-15)6-7-14/h2-5H,6-10,15H2,1H3. The number of fused-ring (bicyclic) bond motifs is 1. The summed E-state index contributed by atoms with van der Waals surface area (Å²) in [5.41, 5.74) is 8.30. The van der Waals surface area contributed by atoms with Gasteiger partial charge in [0.25, 0.3) is 0 Å². The van der Waals surface area contributed by atoms with Crippen molar-refractivity contribution in [2.24, 2.45) is 5.73 Å². The number of imidazole rings is 1. The van der Waals surface area contributed by atoms with Gasteiger partial charge in [-0.05, 0) is 25.0 Å². The number of nitrogens with two attached hydrogens (primary N) is 1. The third-order valence-corrected chi connectivity index (χ3v) is 3.89. The van der Waals surface area contributed by atoms with Crippen molar-refractivity contribution in [1.29, 1.82) is 0 Å². The predicted molar refractivity (Wildman–Crippen MR) is 71.6 cm³/mol. The third kappa shape index (κ3) is 1.72. The molecule has 0 unspecified atom stereocenters. The second-order valence-corrected chi connectivity index (χ2v) is 5.05. The maximum Gasteiger partial charge on any atom is 0.117 e. The lowest BCUT2D eigenvalue weighted by molar-refractivity contribution is 0.187. The first-order valence-electron chi connectivity index (χ1n) is 6.45. The second kappa shape index (κ2) is 4.37. The Morgan fingerprint density at radius 1 is 1.39 bits per heavy atom. The molecule has 0 atom stereocenters. The van der Waals surface area contributed by atoms with Crippen LogP contribution in [-0.4, -0.2) is 29.8 Å². The molecule has 0 aliphatic heterocycles. The van der Waals surface area contributed by atoms with E-state index >= 15 is 0 Å². The molecule has 4 nitrogen and oxygen atoms in total. The Kier molecular flexibility index (Phi) is 2.84. The SMILES string of the molecule is COCCn1c(C2(CN)CC2)nc2ccccc21. The Balaban J connectivity index is 2.11. The Hall–Kier alpha value is -1.39. The average Bonchev–Trinajstić information content (AvgIpc) is 3.12. The molecule has 1 aromatic heterocycles. The summed E-state index contributed by atoms with van der Waals surface area (Å²) in [5.74, 6) is 1.14. The maximum absolute atomic E-state index is 5.94. The third-order valence-electron chi connectivity index (χ3n) is 3.89. The van der Waals surface area contributed by atoms with Crippen LogP contribution in [0.15, 0.2) is 24.3 Å². The van der Waals surface area contributed by atoms with Gasteiger partial charge in [-0.15, -0.1) is 0 Å². The summed E-state index contributed by atoms with van der Waals surface area (Å²) in [4.78, 5) is 4.80. The molecule has 2 N–H and O–H groups in total. The zero-order valence-corrected chi connectivity index (χ0v) is 10.7. The van der Waals surface area contributed by atoms with Crippen LogP contribution in [0.3, 0.4) is 0 Å². The Labute approximate surface area is 107 Å². The van der Waals surface area contributed by atoms with Gasteiger partial charge in [0, 0.05) is 25.6 Å². The number of hydrogen-bond acceptors (Lipinski definition) is 3. The van der Waals surface area contributed by atoms with Crippen LogP contribution < -0.4 is 5.73 Å². The van der Waals surface area contributed by atoms with E-state index in [9.17, 15) is 0 Å². The van der Waals surface area contributed by atoms with Crippen molar-refractivity contribution in [2.45, 2.75) is 24.8 Å². The van der Waals surface area contributed by atoms with Crippen molar-refractivity contribution in [2.75, 3.05) is 20.3 Å². The average molecular weight is 245 g/mol. The fourth-order valence-corrected chi connectivity index (χ4v) is 2.56. The largest absolute Gasteiger partial charge is 0.383 e. The van der Waals surface area contributed by atoms with Gasteiger partial charge in [0.2, 0.25) is 0 Å². The highest BCUT2D eigenvalue weighted by Gasteiger charge is 2.46. The zero-order valence-electron chi connectivity index (χ0n) is 10.7. The van der Waals surface area contributed by atoms with Gasteiger partial charge in [-0.25, -0.2) is 4.98 Å². The zero-order chi connectivity index (χ0) is 12.6. The molecule has 96 valence electrons. The van der Waals surface area contributed by atoms with Gasteiger partial charge >= 0.3 is 0 Å². The number of para-hydroxylation sites is 2. The molecule has 0 radical (unpaired) electrons. The summed E-state index contributed by atoms with van der Waals surface area (Å²) < 4.78 is 7.48. The Morgan fingerprint density at radius 3 is 2.83 bits per heavy atom. The lowest BCUT2D eigenvalue weighted by Gasteiger charge is -2.15. The maximum atomic E-state index is 5.94. The van der Waals surface area contributed by atoms with Crippen LogP contribution in [-0.2, 0) is 16.7 Å². The first kappa shape index (κ1) is 11.7. The van der Waals surface area contributed by atoms with E-state index in [2.05, 4.69) is 22.8 Å². The van der Waals surface area contributed by atoms with Crippen molar-refractivity contribution in [3.05, 3.63) is 30.1 Å². The molecule has 1 aromatic carbocycles. The van der Waals surface area contributed by atoms with Gasteiger partial charge in [-0.2, -0.15) is 0 Å². The molecule has 4 heteroatoms. The fraction of sp³-hybridized carbons (Fsp3) is 0.500. The van der Waals surface area contributed by atoms with Gasteiger partial charge in [-0.1, -0.05) is 12.1 Å². The van der Waals surface area contributed by atoms with Gasteiger partial charge in [0.15, 0.2) is 0 Å². The predicted octanol–water partition coefficient (Wildman–Crippen LogP) is 1.67. The number of rotatable bonds is 5. The molecule has 1 aliphatic carbocycles. The summed E-state index contributed by atoms with van der Waals surface area (Å²) in [6, 6.07) is 8.27. The second-order valence-electron chi connectivity index (χ2n) is 5.05. The molecule has 2 aromatic rings. The molecular formula is C14H19N3O. The van der Waals surface area contributed by atoms with Gasteiger partial charge in [0.05, 0.1) is 17.6 Å². The van der Waals surface area contributed by atoms with Crippen molar-refractivity contribution in [3.63, 3.8) is 0 Å². The molecule has 1 saturated carbocycles. The lowest BCUT2D eigenvalue weighted by atomic mass is 10.1. The number of benzene rings is 1. The van der Waals surface area contributed by atoms with E-state index in [0.717, 1.165) is 30.7 Å². The Bertz CT molecular complexity index is 557. The summed E-state index contributed by atoms with van der Waals surface area (Å²) in [5, 5.41) is 0. The van der Waals surface area contributed by atoms with Crippen molar-refractivity contribution < 1.29 is 4.74 Å². The van der Waals surface area contributed by atoms with Crippen LogP contribution in [0.25, 0.3) is 11.0 Å². The number of methoxy groups -OCH3 is 1. The van der Waals surface area contributed by atoms with Crippen molar-refractivity contribution in [3.8, 4) is 0 Å². The highest BCUT2D eigenvalue weighted by molar-refractivity contribution is 5.76. The summed E-state index contributed by atoms with van der Waals surface area (Å²) in [6.45, 7) is 2.23. The minimum absolute atomic E-state index is 0.118. The molecular weight excluding hydrogens is 226 g/mol. The van der Waals surface area contributed by atoms with Crippen LogP contribution in [0.1, 0.15) is 18.7 Å². The highest BCUT2D eigenvalue weighted by atomic mass is 16.5. The van der Waals surface area contributed by atoms with Crippen molar-refractivity contribution >= 4 is 11.0 Å². The first-order chi connectivity index (χ1) is 8.80. The van der Waals surface area contributed by atoms with Crippen molar-refractivity contribution in [1.82, 2.24) is 9.55 Å². The van der Waals surface area contributed by atoms with Crippen LogP contribution in [0.4, 0.5) is 0 Å². The summed E-state index contributed by atoms with van der Waals surface area (Å²) in [7, 11) is 1.73. The minimum atomic E-state index is 0.118. The summed E-state index contributed by atoms with van der Waals surface area (Å²) in [6.07, 6.45) is 2.31. The number of nitrogens with zero attached hydrogens (tertiary/aromatic N) is 2. The molecule has 0 bridgehead atoms. The highest BCUT2D eigenvalue weighted by Crippen LogP contribution is 2.47. The molecule has 0 amide bonds. The van der Waals surface area contributed by atoms with E-state index in [1.54, 1.807) is 7.11 Å². The Morgan fingerprint density at radius 2 is 2.17 bits per heavy atom. The van der Waals surface area contributed by atoms with E-state index in [-0.39, 0.29) is 5.41 Å². The molecule has 0 saturated heterocycles. The minimum Gasteiger partial charge on any atom is -0.383 e. The van der Waals surface area contributed by atoms with Crippen LogP contribution in [0, 0.1) is 0 Å². The van der Waals surface area contributed by atoms with Crippen LogP contribution in [0.2, 0.25) is 0 Å². The fourth-order valence-electron chi connectivity index (χ4n) is 2.56. The molecule has 3 rings (SSSR count). The van der Waals surface area contributed by atoms with Crippen LogP contribution in [0.5, 0.6) is 0 Å². The van der Waals surface area contributed by atoms with E-state index in [0.29, 0.717) is 13.2 Å². The number of hydrogen-bond donors (Lipinski definition) is 1. The molecule has 0 spiro atoms. The molecule has 1 aliphatic rings. The quantitative estimate of drug-likeness (QED) is 0.872. The lowest BCUT2D eigenvalue weighted by Crippen LogP contribution is -2.25. The number of aromatic nitrogens is 2. The molecule has 18 heavy (non-hydrogen) atoms. The summed E-state index contributed by atoms with van der Waals surface area (Å²) >= 11 is 0. The first-order valence-corrected chi connectivity index (χ1v) is 6.45. The van der Waals surface area contributed by atoms with E-state index in [1.807, 2.05) is 6.07 Å². The van der Waals surface area contributed by atoms with E-state index < -0.39 is 0 Å². The van der Waals surface area contributed by atoms with Gasteiger partial charge in [-0.3, -0.25) is 0 Å². The normalized spacial score (nSPS) is 17.2. The topological polar surface area (TPSA) is 53.1 Å². The number of ether oxygens (including phenoxy) is 1. The molecule has 1 heterocycles.